The van der Waals surface area contributed by atoms with Crippen LogP contribution >= 0.6 is 0 Å². The van der Waals surface area contributed by atoms with Crippen molar-refractivity contribution in [2.45, 2.75) is 52.8 Å². The molecule has 2 aliphatic rings. The summed E-state index contributed by atoms with van der Waals surface area (Å²) in [5, 5.41) is 12.9. The average Bonchev–Trinajstić information content (AvgIpc) is 3.50. The number of hydrogen-bond donors (Lipinski definition) is 2. The summed E-state index contributed by atoms with van der Waals surface area (Å²) in [5.41, 5.74) is 9.23. The van der Waals surface area contributed by atoms with Gasteiger partial charge in [0.1, 0.15) is 0 Å². The van der Waals surface area contributed by atoms with Gasteiger partial charge < -0.3 is 24.5 Å². The van der Waals surface area contributed by atoms with Crippen molar-refractivity contribution in [2.75, 3.05) is 32.0 Å². The van der Waals surface area contributed by atoms with Crippen LogP contribution in [-0.4, -0.2) is 72.7 Å². The van der Waals surface area contributed by atoms with Crippen LogP contribution in [-0.2, 0) is 40.0 Å². The van der Waals surface area contributed by atoms with Crippen molar-refractivity contribution in [3.63, 3.8) is 0 Å². The molecule has 0 saturated heterocycles. The second-order valence-electron chi connectivity index (χ2n) is 12.5. The third-order valence-electron chi connectivity index (χ3n) is 9.25. The first-order chi connectivity index (χ1) is 21.5. The summed E-state index contributed by atoms with van der Waals surface area (Å²) in [4.78, 5) is 27.2. The van der Waals surface area contributed by atoms with E-state index in [0.29, 0.717) is 30.4 Å². The van der Waals surface area contributed by atoms with Gasteiger partial charge in [0.05, 0.1) is 17.5 Å². The van der Waals surface area contributed by atoms with Gasteiger partial charge in [0, 0.05) is 76.7 Å². The fraction of sp³-hybridized carbons (Fsp3) is 0.400. The van der Waals surface area contributed by atoms with Crippen LogP contribution in [0.15, 0.2) is 36.4 Å². The number of carbonyl (C=O) groups excluding carboxylic acids is 1. The van der Waals surface area contributed by atoms with Crippen LogP contribution < -0.4 is 5.32 Å². The molecular formula is C35H42FN7O2. The third-order valence-corrected chi connectivity index (χ3v) is 9.25. The van der Waals surface area contributed by atoms with E-state index in [9.17, 15) is 9.90 Å². The minimum atomic E-state index is -0.416. The van der Waals surface area contributed by atoms with Crippen LogP contribution in [0, 0.1) is 13.8 Å². The second kappa shape index (κ2) is 12.3. The van der Waals surface area contributed by atoms with Gasteiger partial charge in [-0.2, -0.15) is 0 Å². The number of aliphatic hydroxyl groups excluding tert-OH is 1. The molecule has 1 amide bonds. The van der Waals surface area contributed by atoms with Crippen molar-refractivity contribution in [3.8, 4) is 11.1 Å². The molecule has 0 bridgehead atoms. The summed E-state index contributed by atoms with van der Waals surface area (Å²) in [6.45, 7) is 9.43. The van der Waals surface area contributed by atoms with Gasteiger partial charge in [-0.3, -0.25) is 9.69 Å². The quantitative estimate of drug-likeness (QED) is 0.310. The molecule has 0 fully saturated rings. The number of amides is 1. The maximum Gasteiger partial charge on any atom is 0.291 e. The van der Waals surface area contributed by atoms with Crippen LogP contribution in [0.1, 0.15) is 62.8 Å². The molecule has 0 radical (unpaired) electrons. The van der Waals surface area contributed by atoms with Gasteiger partial charge in [-0.05, 0) is 67.8 Å². The SMILES string of the molecule is Cc1c(/C=C(\F)c2nc3c(n2C)CCN(C)C3)cccc1-c1cccc(NC(=O)c2nc3c(n2C)CCN(C[C@@H](C)O)C3)c1C. The lowest BCUT2D eigenvalue weighted by atomic mass is 9.92. The number of β-amino-alcohol motifs (C(OH)–C–C–N with tert-alkyl or cyclic N) is 1. The zero-order valence-electron chi connectivity index (χ0n) is 27.0. The largest absolute Gasteiger partial charge is 0.392 e. The van der Waals surface area contributed by atoms with E-state index in [-0.39, 0.29) is 11.7 Å². The Bertz CT molecular complexity index is 1800. The standard InChI is InChI=1S/C35H42FN7O2/c1-21(44)18-43-16-14-32-30(20-43)38-34(42(32)6)35(45)39-28-12-8-11-26(23(28)3)25-10-7-9-24(22(25)2)17-27(36)33-37-29-19-40(4)15-13-31(29)41(33)5/h7-12,17,21,44H,13-16,18-20H2,1-6H3,(H,39,45)/b27-17-/t21-/m1/s1. The summed E-state index contributed by atoms with van der Waals surface area (Å²) in [6.07, 6.45) is 2.79. The Morgan fingerprint density at radius 2 is 1.56 bits per heavy atom. The topological polar surface area (TPSA) is 91.5 Å². The van der Waals surface area contributed by atoms with Crippen molar-refractivity contribution in [1.29, 1.82) is 0 Å². The van der Waals surface area contributed by atoms with Gasteiger partial charge in [-0.1, -0.05) is 30.3 Å². The summed E-state index contributed by atoms with van der Waals surface area (Å²) in [7, 11) is 5.83. The van der Waals surface area contributed by atoms with E-state index in [0.717, 1.165) is 83.1 Å². The molecule has 4 aromatic rings. The molecular weight excluding hydrogens is 569 g/mol. The highest BCUT2D eigenvalue weighted by Gasteiger charge is 2.27. The van der Waals surface area contributed by atoms with Crippen LogP contribution in [0.3, 0.4) is 0 Å². The van der Waals surface area contributed by atoms with Gasteiger partial charge in [0.2, 0.25) is 0 Å². The molecule has 236 valence electrons. The van der Waals surface area contributed by atoms with Gasteiger partial charge >= 0.3 is 0 Å². The lowest BCUT2D eigenvalue weighted by Crippen LogP contribution is -2.36. The molecule has 2 N–H and O–H groups in total. The Balaban J connectivity index is 1.25. The number of imidazole rings is 2. The highest BCUT2D eigenvalue weighted by Crippen LogP contribution is 2.34. The zero-order chi connectivity index (χ0) is 32.0. The number of halogens is 1. The molecule has 2 aliphatic heterocycles. The van der Waals surface area contributed by atoms with Crippen molar-refractivity contribution < 1.29 is 14.3 Å². The maximum absolute atomic E-state index is 15.7. The van der Waals surface area contributed by atoms with Crippen molar-refractivity contribution >= 4 is 23.5 Å². The molecule has 2 aromatic carbocycles. The molecule has 0 spiro atoms. The number of anilines is 1. The van der Waals surface area contributed by atoms with Crippen LogP contribution in [0.4, 0.5) is 10.1 Å². The number of benzene rings is 2. The molecule has 0 saturated carbocycles. The summed E-state index contributed by atoms with van der Waals surface area (Å²) >= 11 is 0. The molecule has 6 rings (SSSR count). The minimum Gasteiger partial charge on any atom is -0.392 e. The predicted molar refractivity (Wildman–Crippen MR) is 175 cm³/mol. The molecule has 0 unspecified atom stereocenters. The number of likely N-dealkylation sites (N-methyl/N-ethyl adjacent to an activating group) is 1. The van der Waals surface area contributed by atoms with Crippen LogP contribution in [0.25, 0.3) is 23.0 Å². The first-order valence-corrected chi connectivity index (χ1v) is 15.6. The van der Waals surface area contributed by atoms with Gasteiger partial charge in [-0.15, -0.1) is 0 Å². The summed E-state index contributed by atoms with van der Waals surface area (Å²) in [5.74, 6) is 0.0886. The lowest BCUT2D eigenvalue weighted by Gasteiger charge is -2.27. The maximum atomic E-state index is 15.7. The number of aromatic nitrogens is 4. The lowest BCUT2D eigenvalue weighted by molar-refractivity contribution is 0.101. The number of rotatable bonds is 7. The van der Waals surface area contributed by atoms with E-state index in [1.807, 2.05) is 73.5 Å². The normalized spacial score (nSPS) is 16.4. The first-order valence-electron chi connectivity index (χ1n) is 15.6. The highest BCUT2D eigenvalue weighted by atomic mass is 19.1. The molecule has 4 heterocycles. The highest BCUT2D eigenvalue weighted by molar-refractivity contribution is 6.03. The molecule has 45 heavy (non-hydrogen) atoms. The van der Waals surface area contributed by atoms with E-state index in [1.165, 1.54) is 0 Å². The van der Waals surface area contributed by atoms with E-state index >= 15 is 4.39 Å². The monoisotopic (exact) mass is 611 g/mol. The Labute approximate surface area is 264 Å². The Hall–Kier alpha value is -4.12. The molecule has 2 aromatic heterocycles. The van der Waals surface area contributed by atoms with Crippen LogP contribution in [0.2, 0.25) is 0 Å². The average molecular weight is 612 g/mol. The Morgan fingerprint density at radius 3 is 2.29 bits per heavy atom. The second-order valence-corrected chi connectivity index (χ2v) is 12.5. The van der Waals surface area contributed by atoms with Gasteiger partial charge in [0.25, 0.3) is 5.91 Å². The number of carbonyl (C=O) groups is 1. The molecule has 1 atom stereocenters. The molecule has 9 nitrogen and oxygen atoms in total. The third kappa shape index (κ3) is 5.97. The smallest absolute Gasteiger partial charge is 0.291 e. The molecule has 10 heteroatoms. The minimum absolute atomic E-state index is 0.270. The number of fused-ring (bicyclic) bond motifs is 2. The van der Waals surface area contributed by atoms with E-state index in [1.54, 1.807) is 13.0 Å². The van der Waals surface area contributed by atoms with Crippen molar-refractivity contribution in [1.82, 2.24) is 28.9 Å². The van der Waals surface area contributed by atoms with Crippen molar-refractivity contribution in [2.24, 2.45) is 14.1 Å². The fourth-order valence-corrected chi connectivity index (χ4v) is 6.73. The summed E-state index contributed by atoms with van der Waals surface area (Å²) in [6, 6.07) is 11.7. The number of aliphatic hydroxyl groups is 1. The number of hydrogen-bond acceptors (Lipinski definition) is 6. The zero-order valence-corrected chi connectivity index (χ0v) is 27.0. The Kier molecular flexibility index (Phi) is 8.47. The predicted octanol–water partition coefficient (Wildman–Crippen LogP) is 4.88. The van der Waals surface area contributed by atoms with Gasteiger partial charge in [-0.25, -0.2) is 14.4 Å². The molecule has 0 aliphatic carbocycles. The number of nitrogens with zero attached hydrogens (tertiary/aromatic N) is 6. The summed E-state index contributed by atoms with van der Waals surface area (Å²) < 4.78 is 19.5. The fourth-order valence-electron chi connectivity index (χ4n) is 6.73. The van der Waals surface area contributed by atoms with E-state index in [4.69, 9.17) is 4.98 Å². The first kappa shape index (κ1) is 30.9. The van der Waals surface area contributed by atoms with E-state index in [2.05, 4.69) is 27.1 Å². The van der Waals surface area contributed by atoms with Crippen molar-refractivity contribution in [3.05, 3.63) is 87.5 Å². The van der Waals surface area contributed by atoms with E-state index < -0.39 is 6.10 Å². The number of nitrogens with one attached hydrogen (secondary N) is 1. The van der Waals surface area contributed by atoms with Crippen LogP contribution in [0.5, 0.6) is 0 Å². The van der Waals surface area contributed by atoms with Gasteiger partial charge in [0.15, 0.2) is 17.5 Å². The Morgan fingerprint density at radius 1 is 0.933 bits per heavy atom.